The van der Waals surface area contributed by atoms with Gasteiger partial charge in [-0.1, -0.05) is 58.9 Å². The summed E-state index contributed by atoms with van der Waals surface area (Å²) in [6.45, 7) is 5.68. The maximum absolute atomic E-state index is 14.2. The summed E-state index contributed by atoms with van der Waals surface area (Å²) in [7, 11) is 0. The highest BCUT2D eigenvalue weighted by atomic mass is 35.5. The summed E-state index contributed by atoms with van der Waals surface area (Å²) in [4.78, 5) is 5.07. The fraction of sp³-hybridized carbons (Fsp3) is 0.350. The minimum absolute atomic E-state index is 0.0199. The van der Waals surface area contributed by atoms with Crippen LogP contribution in [0.1, 0.15) is 37.0 Å². The topological polar surface area (TPSA) is 30.8 Å². The van der Waals surface area contributed by atoms with Gasteiger partial charge in [0.2, 0.25) is 0 Å². The van der Waals surface area contributed by atoms with Crippen LogP contribution in [0.15, 0.2) is 35.5 Å². The monoisotopic (exact) mass is 475 g/mol. The number of hydrogen-bond donors (Lipinski definition) is 0. The average molecular weight is 477 g/mol. The van der Waals surface area contributed by atoms with Crippen molar-refractivity contribution in [3.05, 3.63) is 62.1 Å². The fourth-order valence-electron chi connectivity index (χ4n) is 4.03. The summed E-state index contributed by atoms with van der Waals surface area (Å²) in [5.41, 5.74) is -0.892. The molecule has 0 saturated carbocycles. The Kier molecular flexibility index (Phi) is 5.13. The van der Waals surface area contributed by atoms with Crippen LogP contribution in [-0.2, 0) is 20.7 Å². The number of fused-ring (bicyclic) bond motifs is 1. The van der Waals surface area contributed by atoms with Crippen LogP contribution in [-0.4, -0.2) is 18.8 Å². The van der Waals surface area contributed by atoms with E-state index in [4.69, 9.17) is 44.3 Å². The third-order valence-corrected chi connectivity index (χ3v) is 6.78. The van der Waals surface area contributed by atoms with Crippen molar-refractivity contribution in [3.8, 4) is 0 Å². The first-order valence-corrected chi connectivity index (χ1v) is 10.3. The first kappa shape index (κ1) is 21.8. The van der Waals surface area contributed by atoms with Crippen LogP contribution in [0.3, 0.4) is 0 Å². The van der Waals surface area contributed by atoms with E-state index in [2.05, 4.69) is 5.16 Å². The maximum atomic E-state index is 14.2. The molecule has 0 spiro atoms. The zero-order valence-electron chi connectivity index (χ0n) is 16.2. The summed E-state index contributed by atoms with van der Waals surface area (Å²) < 4.78 is 48.6. The van der Waals surface area contributed by atoms with Crippen molar-refractivity contribution in [2.75, 3.05) is 0 Å². The van der Waals surface area contributed by atoms with Gasteiger partial charge in [-0.3, -0.25) is 0 Å². The van der Waals surface area contributed by atoms with Crippen LogP contribution in [0.2, 0.25) is 21.9 Å². The Morgan fingerprint density at radius 1 is 1.07 bits per heavy atom. The second-order valence-corrected chi connectivity index (χ2v) is 9.15. The molecule has 3 nitrogen and oxygen atoms in total. The van der Waals surface area contributed by atoms with Gasteiger partial charge in [0, 0.05) is 12.0 Å². The van der Waals surface area contributed by atoms with Crippen LogP contribution in [0.25, 0.3) is 0 Å². The summed E-state index contributed by atoms with van der Waals surface area (Å²) in [6.07, 6.45) is -5.30. The lowest BCUT2D eigenvalue weighted by atomic mass is 9.64. The van der Waals surface area contributed by atoms with Crippen molar-refractivity contribution < 1.29 is 22.7 Å². The predicted molar refractivity (Wildman–Crippen MR) is 113 cm³/mol. The second kappa shape index (κ2) is 7.06. The quantitative estimate of drug-likeness (QED) is 0.375. The van der Waals surface area contributed by atoms with Gasteiger partial charge in [-0.2, -0.15) is 13.2 Å². The van der Waals surface area contributed by atoms with E-state index in [-0.39, 0.29) is 33.3 Å². The van der Waals surface area contributed by atoms with E-state index in [0.29, 0.717) is 5.56 Å². The zero-order chi connectivity index (χ0) is 22.1. The fourth-order valence-corrected chi connectivity index (χ4v) is 4.62. The second-order valence-electron chi connectivity index (χ2n) is 7.96. The molecule has 0 N–H and O–H groups in total. The molecule has 1 unspecified atom stereocenters. The molecule has 2 aliphatic heterocycles. The van der Waals surface area contributed by atoms with E-state index >= 15 is 0 Å². The lowest BCUT2D eigenvalue weighted by molar-refractivity contribution is -0.275. The molecule has 158 valence electrons. The minimum atomic E-state index is -4.77. The van der Waals surface area contributed by atoms with Gasteiger partial charge >= 0.3 is 13.1 Å². The summed E-state index contributed by atoms with van der Waals surface area (Å²) in [6, 6.07) is 7.63. The Hall–Kier alpha value is -1.41. The SMILES string of the molecule is CB1OC(C)(C)c2cc(C3=NOC(c4cc(Cl)c(Cl)c(Cl)c4)(C(F)(F)F)C3)ccc21. The van der Waals surface area contributed by atoms with Crippen LogP contribution < -0.4 is 5.46 Å². The van der Waals surface area contributed by atoms with Crippen molar-refractivity contribution in [2.45, 2.75) is 44.5 Å². The Labute approximate surface area is 187 Å². The van der Waals surface area contributed by atoms with Crippen LogP contribution in [0, 0.1) is 0 Å². The molecule has 0 fully saturated rings. The number of rotatable bonds is 2. The molecule has 0 radical (unpaired) electrons. The number of hydrogen-bond acceptors (Lipinski definition) is 3. The molecule has 0 amide bonds. The van der Waals surface area contributed by atoms with E-state index in [1.807, 2.05) is 32.8 Å². The van der Waals surface area contributed by atoms with Gasteiger partial charge in [0.15, 0.2) is 0 Å². The number of benzene rings is 2. The van der Waals surface area contributed by atoms with Crippen LogP contribution in [0.4, 0.5) is 13.2 Å². The van der Waals surface area contributed by atoms with Crippen molar-refractivity contribution in [1.82, 2.24) is 0 Å². The molecule has 4 rings (SSSR count). The molecular formula is C20H16BCl3F3NO2. The van der Waals surface area contributed by atoms with Gasteiger partial charge in [0.1, 0.15) is 0 Å². The van der Waals surface area contributed by atoms with Gasteiger partial charge in [0.05, 0.1) is 26.4 Å². The molecule has 2 aliphatic rings. The Balaban J connectivity index is 1.76. The highest BCUT2D eigenvalue weighted by Crippen LogP contribution is 2.50. The molecule has 2 aromatic rings. The molecule has 2 heterocycles. The lowest BCUT2D eigenvalue weighted by Crippen LogP contribution is -2.42. The molecule has 1 atom stereocenters. The molecule has 2 aromatic carbocycles. The van der Waals surface area contributed by atoms with E-state index in [9.17, 15) is 13.2 Å². The van der Waals surface area contributed by atoms with E-state index in [1.54, 1.807) is 6.07 Å². The van der Waals surface area contributed by atoms with Gasteiger partial charge in [-0.15, -0.1) is 0 Å². The zero-order valence-corrected chi connectivity index (χ0v) is 18.5. The maximum Gasteiger partial charge on any atom is 0.435 e. The normalized spacial score (nSPS) is 22.7. The minimum Gasteiger partial charge on any atom is -0.422 e. The summed E-state index contributed by atoms with van der Waals surface area (Å²) in [5.74, 6) is 0. The molecule has 0 aliphatic carbocycles. The number of oxime groups is 1. The van der Waals surface area contributed by atoms with Gasteiger partial charge < -0.3 is 9.49 Å². The molecule has 10 heteroatoms. The largest absolute Gasteiger partial charge is 0.435 e. The van der Waals surface area contributed by atoms with Gasteiger partial charge in [-0.05, 0) is 48.6 Å². The first-order chi connectivity index (χ1) is 13.9. The average Bonchev–Trinajstić information content (AvgIpc) is 3.20. The Bertz CT molecular complexity index is 1050. The highest BCUT2D eigenvalue weighted by molar-refractivity contribution is 6.67. The Morgan fingerprint density at radius 2 is 1.70 bits per heavy atom. The van der Waals surface area contributed by atoms with Crippen molar-refractivity contribution in [1.29, 1.82) is 0 Å². The molecule has 0 aromatic heterocycles. The standard InChI is InChI=1S/C20H16BCl3F3NO2/c1-18(2)12-6-10(4-5-13(12)21(3)29-18)16-9-19(30-28-16,20(25,26)27)11-7-14(22)17(24)15(23)8-11/h4-8H,9H2,1-3H3. The third-order valence-electron chi connectivity index (χ3n) is 5.58. The van der Waals surface area contributed by atoms with Crippen molar-refractivity contribution in [2.24, 2.45) is 5.16 Å². The molecule has 0 saturated heterocycles. The van der Waals surface area contributed by atoms with Crippen LogP contribution in [0.5, 0.6) is 0 Å². The first-order valence-electron chi connectivity index (χ1n) is 9.15. The van der Waals surface area contributed by atoms with E-state index in [0.717, 1.165) is 23.2 Å². The lowest BCUT2D eigenvalue weighted by Gasteiger charge is -2.30. The molecular weight excluding hydrogens is 460 g/mol. The van der Waals surface area contributed by atoms with Gasteiger partial charge in [-0.25, -0.2) is 0 Å². The van der Waals surface area contributed by atoms with E-state index in [1.165, 1.54) is 0 Å². The van der Waals surface area contributed by atoms with E-state index < -0.39 is 23.8 Å². The summed E-state index contributed by atoms with van der Waals surface area (Å²) >= 11 is 17.9. The molecule has 30 heavy (non-hydrogen) atoms. The Morgan fingerprint density at radius 3 is 2.30 bits per heavy atom. The number of nitrogens with zero attached hydrogens (tertiary/aromatic N) is 1. The third kappa shape index (κ3) is 3.31. The summed E-state index contributed by atoms with van der Waals surface area (Å²) in [5, 5.41) is 3.61. The number of alkyl halides is 3. The van der Waals surface area contributed by atoms with Crippen molar-refractivity contribution in [3.63, 3.8) is 0 Å². The molecule has 0 bridgehead atoms. The number of halogens is 6. The smallest absolute Gasteiger partial charge is 0.422 e. The van der Waals surface area contributed by atoms with Gasteiger partial charge in [0.25, 0.3) is 5.60 Å². The van der Waals surface area contributed by atoms with Crippen molar-refractivity contribution >= 4 is 52.9 Å². The van der Waals surface area contributed by atoms with Crippen LogP contribution >= 0.6 is 34.8 Å². The highest BCUT2D eigenvalue weighted by Gasteiger charge is 2.62. The predicted octanol–water partition coefficient (Wildman–Crippen LogP) is 6.32.